The summed E-state index contributed by atoms with van der Waals surface area (Å²) in [6.45, 7) is -0.240. The van der Waals surface area contributed by atoms with Gasteiger partial charge in [-0.1, -0.05) is 58.7 Å². The first kappa shape index (κ1) is 21.7. The predicted octanol–water partition coefficient (Wildman–Crippen LogP) is 6.76. The molecule has 1 aromatic heterocycles. The van der Waals surface area contributed by atoms with Crippen molar-refractivity contribution < 1.29 is 9.53 Å². The summed E-state index contributed by atoms with van der Waals surface area (Å²) in [5, 5.41) is 4.89. The molecule has 1 amide bonds. The van der Waals surface area contributed by atoms with E-state index in [0.29, 0.717) is 31.7 Å². The fourth-order valence-corrected chi connectivity index (χ4v) is 4.36. The van der Waals surface area contributed by atoms with E-state index >= 15 is 0 Å². The van der Waals surface area contributed by atoms with Gasteiger partial charge in [0.05, 0.1) is 21.6 Å². The Hall–Kier alpha value is -2.51. The van der Waals surface area contributed by atoms with Crippen molar-refractivity contribution in [2.24, 2.45) is 0 Å². The first-order chi connectivity index (χ1) is 15.0. The van der Waals surface area contributed by atoms with E-state index in [9.17, 15) is 4.79 Å². The number of aromatic nitrogens is 2. The molecule has 0 aliphatic heterocycles. The van der Waals surface area contributed by atoms with Crippen molar-refractivity contribution in [3.8, 4) is 5.88 Å². The lowest BCUT2D eigenvalue weighted by Crippen LogP contribution is -2.21. The van der Waals surface area contributed by atoms with Crippen LogP contribution in [0.1, 0.15) is 0 Å². The Morgan fingerprint density at radius 2 is 1.74 bits per heavy atom. The summed E-state index contributed by atoms with van der Waals surface area (Å²) in [5.74, 6) is -0.0996. The van der Waals surface area contributed by atoms with Crippen molar-refractivity contribution in [3.05, 3.63) is 82.1 Å². The molecule has 0 aliphatic rings. The predicted molar refractivity (Wildman–Crippen MR) is 126 cm³/mol. The van der Waals surface area contributed by atoms with Gasteiger partial charge in [-0.05, 0) is 48.5 Å². The SMILES string of the molecule is O=C(COc1ncnc2c(Cl)cc(Cl)cc12)Nc1ccccc1Sc1ccc(Cl)cc1. The maximum absolute atomic E-state index is 12.5. The van der Waals surface area contributed by atoms with Gasteiger partial charge < -0.3 is 10.1 Å². The highest BCUT2D eigenvalue weighted by atomic mass is 35.5. The van der Waals surface area contributed by atoms with E-state index in [1.54, 1.807) is 12.1 Å². The van der Waals surface area contributed by atoms with Crippen molar-refractivity contribution in [2.75, 3.05) is 11.9 Å². The molecule has 9 heteroatoms. The molecule has 1 N–H and O–H groups in total. The van der Waals surface area contributed by atoms with E-state index < -0.39 is 0 Å². The van der Waals surface area contributed by atoms with E-state index in [-0.39, 0.29) is 18.4 Å². The third kappa shape index (κ3) is 5.40. The number of anilines is 1. The van der Waals surface area contributed by atoms with Crippen molar-refractivity contribution in [3.63, 3.8) is 0 Å². The van der Waals surface area contributed by atoms with Crippen molar-refractivity contribution in [2.45, 2.75) is 9.79 Å². The summed E-state index contributed by atoms with van der Waals surface area (Å²) in [4.78, 5) is 22.7. The molecule has 156 valence electrons. The second-order valence-electron chi connectivity index (χ2n) is 6.35. The second-order valence-corrected chi connectivity index (χ2v) is 8.75. The highest BCUT2D eigenvalue weighted by Crippen LogP contribution is 2.34. The number of para-hydroxylation sites is 1. The third-order valence-corrected chi connectivity index (χ3v) is 6.01. The molecular weight excluding hydrogens is 477 g/mol. The van der Waals surface area contributed by atoms with Gasteiger partial charge in [0.1, 0.15) is 6.33 Å². The van der Waals surface area contributed by atoms with Crippen LogP contribution in [0, 0.1) is 0 Å². The molecule has 0 saturated carbocycles. The summed E-state index contributed by atoms with van der Waals surface area (Å²) in [5.41, 5.74) is 1.18. The maximum Gasteiger partial charge on any atom is 0.262 e. The zero-order valence-electron chi connectivity index (χ0n) is 15.8. The largest absolute Gasteiger partial charge is 0.467 e. The van der Waals surface area contributed by atoms with E-state index in [4.69, 9.17) is 39.5 Å². The minimum absolute atomic E-state index is 0.230. The maximum atomic E-state index is 12.5. The molecule has 3 aromatic carbocycles. The van der Waals surface area contributed by atoms with Crippen LogP contribution in [0.2, 0.25) is 15.1 Å². The van der Waals surface area contributed by atoms with E-state index in [0.717, 1.165) is 9.79 Å². The van der Waals surface area contributed by atoms with Crippen LogP contribution < -0.4 is 10.1 Å². The molecule has 0 saturated heterocycles. The molecule has 4 aromatic rings. The van der Waals surface area contributed by atoms with Crippen LogP contribution in [-0.2, 0) is 4.79 Å². The number of carbonyl (C=O) groups is 1. The normalized spacial score (nSPS) is 10.8. The Kier molecular flexibility index (Phi) is 6.83. The van der Waals surface area contributed by atoms with Crippen LogP contribution in [-0.4, -0.2) is 22.5 Å². The molecule has 0 radical (unpaired) electrons. The second kappa shape index (κ2) is 9.75. The monoisotopic (exact) mass is 489 g/mol. The number of fused-ring (bicyclic) bond motifs is 1. The zero-order chi connectivity index (χ0) is 21.8. The van der Waals surface area contributed by atoms with Gasteiger partial charge in [0, 0.05) is 19.8 Å². The smallest absolute Gasteiger partial charge is 0.262 e. The van der Waals surface area contributed by atoms with E-state index in [1.165, 1.54) is 18.1 Å². The molecule has 0 bridgehead atoms. The number of ether oxygens (including phenoxy) is 1. The molecule has 5 nitrogen and oxygen atoms in total. The summed E-state index contributed by atoms with van der Waals surface area (Å²) in [7, 11) is 0. The van der Waals surface area contributed by atoms with Gasteiger partial charge in [-0.3, -0.25) is 4.79 Å². The number of nitrogens with zero attached hydrogens (tertiary/aromatic N) is 2. The zero-order valence-corrected chi connectivity index (χ0v) is 18.9. The highest BCUT2D eigenvalue weighted by molar-refractivity contribution is 7.99. The highest BCUT2D eigenvalue weighted by Gasteiger charge is 2.13. The fourth-order valence-electron chi connectivity index (χ4n) is 2.79. The molecular formula is C22H14Cl3N3O2S. The van der Waals surface area contributed by atoms with Gasteiger partial charge in [0.2, 0.25) is 5.88 Å². The molecule has 0 fully saturated rings. The Morgan fingerprint density at radius 1 is 0.968 bits per heavy atom. The minimum atomic E-state index is -0.330. The summed E-state index contributed by atoms with van der Waals surface area (Å²) >= 11 is 19.7. The minimum Gasteiger partial charge on any atom is -0.467 e. The van der Waals surface area contributed by atoms with Crippen molar-refractivity contribution >= 4 is 69.1 Å². The van der Waals surface area contributed by atoms with Crippen molar-refractivity contribution in [1.82, 2.24) is 9.97 Å². The Labute approximate surface area is 197 Å². The third-order valence-electron chi connectivity index (χ3n) is 4.16. The summed E-state index contributed by atoms with van der Waals surface area (Å²) in [6.07, 6.45) is 1.33. The van der Waals surface area contributed by atoms with Gasteiger partial charge in [0.15, 0.2) is 6.61 Å². The van der Waals surface area contributed by atoms with Crippen LogP contribution >= 0.6 is 46.6 Å². The van der Waals surface area contributed by atoms with Crippen molar-refractivity contribution in [1.29, 1.82) is 0 Å². The Bertz CT molecular complexity index is 1250. The fraction of sp³-hybridized carbons (Fsp3) is 0.0455. The van der Waals surface area contributed by atoms with Gasteiger partial charge >= 0.3 is 0 Å². The first-order valence-corrected chi connectivity index (χ1v) is 11.0. The van der Waals surface area contributed by atoms with Crippen LogP contribution in [0.5, 0.6) is 5.88 Å². The van der Waals surface area contributed by atoms with E-state index in [2.05, 4.69) is 15.3 Å². The van der Waals surface area contributed by atoms with Crippen LogP contribution in [0.3, 0.4) is 0 Å². The molecule has 0 aliphatic carbocycles. The lowest BCUT2D eigenvalue weighted by molar-refractivity contribution is -0.118. The number of hydrogen-bond donors (Lipinski definition) is 1. The quantitative estimate of drug-likeness (QED) is 0.323. The molecule has 31 heavy (non-hydrogen) atoms. The summed E-state index contributed by atoms with van der Waals surface area (Å²) < 4.78 is 5.63. The molecule has 0 spiro atoms. The summed E-state index contributed by atoms with van der Waals surface area (Å²) in [6, 6.07) is 18.2. The first-order valence-electron chi connectivity index (χ1n) is 9.04. The standard InChI is InChI=1S/C22H14Cl3N3O2S/c23-13-5-7-15(8-6-13)31-19-4-2-1-3-18(19)28-20(29)11-30-22-16-9-14(24)10-17(25)21(16)26-12-27-22/h1-10,12H,11H2,(H,28,29). The van der Waals surface area contributed by atoms with Gasteiger partial charge in [-0.15, -0.1) is 0 Å². The molecule has 4 rings (SSSR count). The lowest BCUT2D eigenvalue weighted by atomic mass is 10.2. The Balaban J connectivity index is 1.47. The molecule has 0 atom stereocenters. The number of amides is 1. The topological polar surface area (TPSA) is 64.1 Å². The van der Waals surface area contributed by atoms with Crippen LogP contribution in [0.4, 0.5) is 5.69 Å². The lowest BCUT2D eigenvalue weighted by Gasteiger charge is -2.12. The Morgan fingerprint density at radius 3 is 2.55 bits per heavy atom. The number of carbonyl (C=O) groups excluding carboxylic acids is 1. The van der Waals surface area contributed by atoms with Crippen LogP contribution in [0.25, 0.3) is 10.9 Å². The van der Waals surface area contributed by atoms with Gasteiger partial charge in [-0.2, -0.15) is 0 Å². The number of hydrogen-bond acceptors (Lipinski definition) is 5. The van der Waals surface area contributed by atoms with Crippen LogP contribution in [0.15, 0.2) is 76.8 Å². The average molecular weight is 491 g/mol. The average Bonchev–Trinajstić information content (AvgIpc) is 2.75. The number of nitrogens with one attached hydrogen (secondary N) is 1. The molecule has 0 unspecified atom stereocenters. The van der Waals surface area contributed by atoms with Gasteiger partial charge in [0.25, 0.3) is 5.91 Å². The number of rotatable bonds is 6. The van der Waals surface area contributed by atoms with E-state index in [1.807, 2.05) is 48.5 Å². The number of benzene rings is 3. The molecule has 1 heterocycles. The van der Waals surface area contributed by atoms with Gasteiger partial charge in [-0.25, -0.2) is 9.97 Å². The number of halogens is 3.